The quantitative estimate of drug-likeness (QED) is 0.815. The Hall–Kier alpha value is -2.93. The second-order valence-electron chi connectivity index (χ2n) is 8.91. The molecule has 1 saturated carbocycles. The Morgan fingerprint density at radius 1 is 1.07 bits per heavy atom. The Morgan fingerprint density at radius 2 is 1.80 bits per heavy atom. The van der Waals surface area contributed by atoms with E-state index in [-0.39, 0.29) is 24.0 Å². The van der Waals surface area contributed by atoms with Crippen molar-refractivity contribution in [3.63, 3.8) is 0 Å². The zero-order chi connectivity index (χ0) is 21.0. The molecule has 156 valence electrons. The summed E-state index contributed by atoms with van der Waals surface area (Å²) >= 11 is 0. The van der Waals surface area contributed by atoms with E-state index in [1.165, 1.54) is 14.2 Å². The number of aliphatic hydroxyl groups is 1. The molecule has 3 heterocycles. The van der Waals surface area contributed by atoms with Crippen LogP contribution in [0.5, 0.6) is 28.7 Å². The minimum absolute atomic E-state index is 0.00185. The van der Waals surface area contributed by atoms with Crippen molar-refractivity contribution < 1.29 is 33.6 Å². The van der Waals surface area contributed by atoms with Crippen molar-refractivity contribution >= 4 is 5.78 Å². The van der Waals surface area contributed by atoms with Crippen LogP contribution in [0.4, 0.5) is 0 Å². The summed E-state index contributed by atoms with van der Waals surface area (Å²) in [7, 11) is 3.02. The largest absolute Gasteiger partial charge is 0.493 e. The molecule has 0 bridgehead atoms. The summed E-state index contributed by atoms with van der Waals surface area (Å²) in [4.78, 5) is 13.7. The molecule has 2 aromatic rings. The number of rotatable bonds is 2. The summed E-state index contributed by atoms with van der Waals surface area (Å²) < 4.78 is 28.9. The van der Waals surface area contributed by atoms with E-state index in [0.29, 0.717) is 34.1 Å². The average Bonchev–Trinajstić information content (AvgIpc) is 3.08. The van der Waals surface area contributed by atoms with E-state index in [2.05, 4.69) is 13.8 Å². The first-order chi connectivity index (χ1) is 14.3. The standard InChI is InChI=1S/C23H22O7/c1-22(2)18-17-12(29-21(18)22)6-5-10-19(17)30-16-9-28-13-8-15(27-4)14(26-3)7-11(13)23(16,25)20(10)24/h5-8,16,18,21,25H,9H2,1-4H3/t16-,18-,21+,23-/m1/s1. The van der Waals surface area contributed by atoms with Crippen LogP contribution in [0.2, 0.25) is 0 Å². The molecule has 0 saturated heterocycles. The first-order valence-electron chi connectivity index (χ1n) is 9.99. The summed E-state index contributed by atoms with van der Waals surface area (Å²) in [6.07, 6.45) is -0.783. The monoisotopic (exact) mass is 410 g/mol. The highest BCUT2D eigenvalue weighted by Crippen LogP contribution is 2.69. The zero-order valence-electron chi connectivity index (χ0n) is 17.1. The van der Waals surface area contributed by atoms with E-state index >= 15 is 0 Å². The van der Waals surface area contributed by atoms with E-state index in [0.717, 1.165) is 11.3 Å². The lowest BCUT2D eigenvalue weighted by atomic mass is 9.76. The fourth-order valence-electron chi connectivity index (χ4n) is 5.23. The summed E-state index contributed by atoms with van der Waals surface area (Å²) in [6, 6.07) is 6.69. The van der Waals surface area contributed by atoms with Gasteiger partial charge in [-0.3, -0.25) is 4.79 Å². The average molecular weight is 410 g/mol. The van der Waals surface area contributed by atoms with Gasteiger partial charge in [-0.2, -0.15) is 0 Å². The predicted octanol–water partition coefficient (Wildman–Crippen LogP) is 2.81. The van der Waals surface area contributed by atoms with Gasteiger partial charge in [0.2, 0.25) is 5.78 Å². The van der Waals surface area contributed by atoms with Crippen LogP contribution in [-0.4, -0.2) is 43.9 Å². The van der Waals surface area contributed by atoms with Gasteiger partial charge in [0.25, 0.3) is 0 Å². The number of methoxy groups -OCH3 is 2. The van der Waals surface area contributed by atoms with Gasteiger partial charge in [-0.1, -0.05) is 13.8 Å². The van der Waals surface area contributed by atoms with Crippen LogP contribution in [0.15, 0.2) is 24.3 Å². The van der Waals surface area contributed by atoms with Crippen molar-refractivity contribution in [3.05, 3.63) is 41.0 Å². The highest BCUT2D eigenvalue weighted by molar-refractivity contribution is 6.08. The molecule has 7 nitrogen and oxygen atoms in total. The molecule has 4 atom stereocenters. The van der Waals surface area contributed by atoms with Gasteiger partial charge >= 0.3 is 0 Å². The minimum atomic E-state index is -1.88. The normalized spacial score (nSPS) is 31.0. The Morgan fingerprint density at radius 3 is 2.53 bits per heavy atom. The lowest BCUT2D eigenvalue weighted by Crippen LogP contribution is -2.57. The van der Waals surface area contributed by atoms with Gasteiger partial charge in [0.1, 0.15) is 30.0 Å². The lowest BCUT2D eigenvalue weighted by Gasteiger charge is -2.43. The van der Waals surface area contributed by atoms with Gasteiger partial charge in [-0.05, 0) is 18.2 Å². The van der Waals surface area contributed by atoms with Crippen LogP contribution < -0.4 is 23.7 Å². The van der Waals surface area contributed by atoms with Gasteiger partial charge < -0.3 is 28.8 Å². The van der Waals surface area contributed by atoms with E-state index in [9.17, 15) is 9.90 Å². The van der Waals surface area contributed by atoms with E-state index in [1.807, 2.05) is 0 Å². The molecule has 1 fully saturated rings. The summed E-state index contributed by atoms with van der Waals surface area (Å²) in [5, 5.41) is 11.7. The molecule has 0 amide bonds. The van der Waals surface area contributed by atoms with Gasteiger partial charge in [-0.15, -0.1) is 0 Å². The van der Waals surface area contributed by atoms with Gasteiger partial charge in [0.05, 0.1) is 19.8 Å². The van der Waals surface area contributed by atoms with E-state index < -0.39 is 17.5 Å². The van der Waals surface area contributed by atoms with Crippen LogP contribution in [0.25, 0.3) is 0 Å². The molecular formula is C23H22O7. The third-order valence-electron chi connectivity index (χ3n) is 7.05. The maximum absolute atomic E-state index is 13.7. The molecule has 0 unspecified atom stereocenters. The molecule has 1 N–H and O–H groups in total. The summed E-state index contributed by atoms with van der Waals surface area (Å²) in [5.74, 6) is 2.28. The number of Topliss-reactive ketones (excluding diaryl/α,β-unsaturated/α-hetero) is 1. The number of fused-ring (bicyclic) bond motifs is 8. The zero-order valence-corrected chi connectivity index (χ0v) is 17.1. The maximum atomic E-state index is 13.7. The van der Waals surface area contributed by atoms with Crippen molar-refractivity contribution in [1.82, 2.24) is 0 Å². The number of hydrogen-bond acceptors (Lipinski definition) is 7. The summed E-state index contributed by atoms with van der Waals surface area (Å²) in [6.45, 7) is 4.32. The molecule has 3 aliphatic heterocycles. The van der Waals surface area contributed by atoms with Crippen molar-refractivity contribution in [1.29, 1.82) is 0 Å². The molecule has 0 aromatic heterocycles. The Labute approximate surface area is 173 Å². The van der Waals surface area contributed by atoms with Crippen LogP contribution in [0, 0.1) is 5.41 Å². The minimum Gasteiger partial charge on any atom is -0.493 e. The Balaban J connectivity index is 1.51. The first kappa shape index (κ1) is 17.9. The summed E-state index contributed by atoms with van der Waals surface area (Å²) in [5.41, 5.74) is -0.278. The van der Waals surface area contributed by atoms with Gasteiger partial charge in [0.15, 0.2) is 23.2 Å². The van der Waals surface area contributed by atoms with Crippen LogP contribution in [-0.2, 0) is 5.60 Å². The number of benzene rings is 2. The van der Waals surface area contributed by atoms with Crippen molar-refractivity contribution in [2.45, 2.75) is 37.6 Å². The second kappa shape index (κ2) is 5.40. The Kier molecular flexibility index (Phi) is 3.22. The van der Waals surface area contributed by atoms with Gasteiger partial charge in [-0.25, -0.2) is 0 Å². The third-order valence-corrected chi connectivity index (χ3v) is 7.05. The SMILES string of the molecule is COc1cc2c(cc1OC)[C@]1(O)C(=O)c3ccc4c(c3O[C@@H]1CO2)[C@@H]1[C@H](O4)C1(C)C. The molecule has 7 heteroatoms. The van der Waals surface area contributed by atoms with Crippen molar-refractivity contribution in [3.8, 4) is 28.7 Å². The lowest BCUT2D eigenvalue weighted by molar-refractivity contribution is -0.0803. The molecule has 6 rings (SSSR count). The molecule has 2 aromatic carbocycles. The smallest absolute Gasteiger partial charge is 0.206 e. The Bertz CT molecular complexity index is 1120. The molecule has 0 spiro atoms. The number of ether oxygens (including phenoxy) is 5. The number of carbonyl (C=O) groups is 1. The predicted molar refractivity (Wildman–Crippen MR) is 105 cm³/mol. The maximum Gasteiger partial charge on any atom is 0.206 e. The molecule has 1 aliphatic carbocycles. The molecule has 0 radical (unpaired) electrons. The fraction of sp³-hybridized carbons (Fsp3) is 0.435. The molecular weight excluding hydrogens is 388 g/mol. The number of ketones is 1. The highest BCUT2D eigenvalue weighted by Gasteiger charge is 2.67. The van der Waals surface area contributed by atoms with Crippen LogP contribution in [0.1, 0.15) is 41.3 Å². The topological polar surface area (TPSA) is 83.5 Å². The first-order valence-corrected chi connectivity index (χ1v) is 9.99. The molecule has 30 heavy (non-hydrogen) atoms. The number of carbonyl (C=O) groups excluding carboxylic acids is 1. The van der Waals surface area contributed by atoms with Crippen molar-refractivity contribution in [2.24, 2.45) is 5.41 Å². The van der Waals surface area contributed by atoms with Gasteiger partial charge in [0, 0.05) is 28.5 Å². The highest BCUT2D eigenvalue weighted by atomic mass is 16.6. The number of hydrogen-bond donors (Lipinski definition) is 1. The molecule has 4 aliphatic rings. The van der Waals surface area contributed by atoms with Crippen LogP contribution >= 0.6 is 0 Å². The second-order valence-corrected chi connectivity index (χ2v) is 8.91. The van der Waals surface area contributed by atoms with Crippen molar-refractivity contribution in [2.75, 3.05) is 20.8 Å². The van der Waals surface area contributed by atoms with Crippen LogP contribution in [0.3, 0.4) is 0 Å². The van der Waals surface area contributed by atoms with E-state index in [1.54, 1.807) is 24.3 Å². The van der Waals surface area contributed by atoms with E-state index in [4.69, 9.17) is 23.7 Å². The third kappa shape index (κ3) is 1.92. The fourth-order valence-corrected chi connectivity index (χ4v) is 5.23.